The number of rotatable bonds is 4. The molecule has 0 aliphatic carbocycles. The van der Waals surface area contributed by atoms with Gasteiger partial charge in [-0.1, -0.05) is 0 Å². The second-order valence-electron chi connectivity index (χ2n) is 7.34. The normalized spacial score (nSPS) is 14.5. The maximum Gasteiger partial charge on any atom is 0.253 e. The van der Waals surface area contributed by atoms with Crippen LogP contribution in [-0.4, -0.2) is 65.3 Å². The Morgan fingerprint density at radius 3 is 2.03 bits per heavy atom. The molecule has 29 heavy (non-hydrogen) atoms. The van der Waals surface area contributed by atoms with Crippen molar-refractivity contribution < 1.29 is 24.9 Å². The van der Waals surface area contributed by atoms with E-state index in [1.165, 1.54) is 0 Å². The number of nitrogens with zero attached hydrogens (tertiary/aromatic N) is 2. The smallest absolute Gasteiger partial charge is 0.253 e. The number of hydrogen-bond acceptors (Lipinski definition) is 6. The average molecular weight is 399 g/mol. The van der Waals surface area contributed by atoms with E-state index in [4.69, 9.17) is 0 Å². The predicted octanol–water partition coefficient (Wildman–Crippen LogP) is 1.90. The third kappa shape index (κ3) is 4.53. The maximum atomic E-state index is 12.7. The minimum Gasteiger partial charge on any atom is -0.504 e. The summed E-state index contributed by atoms with van der Waals surface area (Å²) in [4.78, 5) is 28.8. The van der Waals surface area contributed by atoms with Crippen molar-refractivity contribution in [1.29, 1.82) is 0 Å². The van der Waals surface area contributed by atoms with Gasteiger partial charge >= 0.3 is 0 Å². The van der Waals surface area contributed by atoms with Crippen molar-refractivity contribution in [3.8, 4) is 17.2 Å². The summed E-state index contributed by atoms with van der Waals surface area (Å²) in [5, 5.41) is 31.3. The molecule has 0 saturated carbocycles. The Labute approximate surface area is 169 Å². The molecule has 0 unspecified atom stereocenters. The first-order valence-electron chi connectivity index (χ1n) is 9.38. The monoisotopic (exact) mass is 399 g/mol. The van der Waals surface area contributed by atoms with Gasteiger partial charge in [-0.05, 0) is 49.2 Å². The lowest BCUT2D eigenvalue weighted by Gasteiger charge is -2.32. The second-order valence-corrected chi connectivity index (χ2v) is 7.34. The molecule has 8 heteroatoms. The molecule has 1 saturated heterocycles. The number of carbonyl (C=O) groups excluding carboxylic acids is 2. The molecule has 0 spiro atoms. The molecule has 2 aromatic rings. The van der Waals surface area contributed by atoms with Crippen LogP contribution in [0.3, 0.4) is 0 Å². The van der Waals surface area contributed by atoms with Crippen molar-refractivity contribution in [2.45, 2.75) is 18.9 Å². The summed E-state index contributed by atoms with van der Waals surface area (Å²) in [6, 6.07) is 9.51. The van der Waals surface area contributed by atoms with E-state index in [9.17, 15) is 24.9 Å². The molecule has 0 bridgehead atoms. The fraction of sp³-hybridized carbons (Fsp3) is 0.333. The summed E-state index contributed by atoms with van der Waals surface area (Å²) in [5.74, 6) is -2.27. The highest BCUT2D eigenvalue weighted by Gasteiger charge is 2.25. The minimum atomic E-state index is -0.660. The number of hydrogen-bond donors (Lipinski definition) is 4. The number of likely N-dealkylation sites (tertiary alicyclic amines) is 1. The first kappa shape index (κ1) is 20.3. The van der Waals surface area contributed by atoms with Crippen LogP contribution < -0.4 is 10.2 Å². The van der Waals surface area contributed by atoms with Crippen LogP contribution >= 0.6 is 0 Å². The number of benzene rings is 2. The maximum absolute atomic E-state index is 12.7. The van der Waals surface area contributed by atoms with E-state index in [1.807, 2.05) is 43.3 Å². The van der Waals surface area contributed by atoms with Gasteiger partial charge in [-0.15, -0.1) is 0 Å². The third-order valence-corrected chi connectivity index (χ3v) is 5.08. The number of piperidine rings is 1. The summed E-state index contributed by atoms with van der Waals surface area (Å²) in [6.07, 6.45) is 1.20. The van der Waals surface area contributed by atoms with E-state index in [-0.39, 0.29) is 17.5 Å². The molecule has 0 atom stereocenters. The van der Waals surface area contributed by atoms with E-state index in [0.717, 1.165) is 17.8 Å². The van der Waals surface area contributed by atoms with Crippen molar-refractivity contribution in [3.63, 3.8) is 0 Å². The van der Waals surface area contributed by atoms with Gasteiger partial charge in [0.25, 0.3) is 11.8 Å². The van der Waals surface area contributed by atoms with Gasteiger partial charge in [-0.3, -0.25) is 9.59 Å². The van der Waals surface area contributed by atoms with Crippen LogP contribution in [0.5, 0.6) is 17.2 Å². The van der Waals surface area contributed by atoms with Gasteiger partial charge in [-0.2, -0.15) is 0 Å². The zero-order chi connectivity index (χ0) is 21.1. The van der Waals surface area contributed by atoms with Gasteiger partial charge in [0.05, 0.1) is 0 Å². The Bertz CT molecular complexity index is 880. The largest absolute Gasteiger partial charge is 0.504 e. The molecule has 1 aliphatic heterocycles. The van der Waals surface area contributed by atoms with Crippen molar-refractivity contribution >= 4 is 17.5 Å². The van der Waals surface area contributed by atoms with E-state index >= 15 is 0 Å². The Balaban J connectivity index is 1.56. The lowest BCUT2D eigenvalue weighted by atomic mass is 10.0. The van der Waals surface area contributed by atoms with Crippen LogP contribution in [-0.2, 0) is 0 Å². The topological polar surface area (TPSA) is 113 Å². The highest BCUT2D eigenvalue weighted by atomic mass is 16.3. The Morgan fingerprint density at radius 1 is 0.966 bits per heavy atom. The quantitative estimate of drug-likeness (QED) is 0.584. The van der Waals surface area contributed by atoms with Crippen LogP contribution in [0.4, 0.5) is 5.69 Å². The Kier molecular flexibility index (Phi) is 5.81. The Morgan fingerprint density at radius 2 is 1.52 bits per heavy atom. The molecule has 1 aliphatic rings. The van der Waals surface area contributed by atoms with Gasteiger partial charge in [0.2, 0.25) is 0 Å². The molecule has 2 amide bonds. The number of carbonyl (C=O) groups is 2. The lowest BCUT2D eigenvalue weighted by Crippen LogP contribution is -2.46. The van der Waals surface area contributed by atoms with Gasteiger partial charge in [-0.25, -0.2) is 0 Å². The summed E-state index contributed by atoms with van der Waals surface area (Å²) in [5.41, 5.74) is 1.71. The number of amides is 2. The van der Waals surface area contributed by atoms with Crippen LogP contribution in [0.25, 0.3) is 0 Å². The zero-order valence-electron chi connectivity index (χ0n) is 16.4. The van der Waals surface area contributed by atoms with Gasteiger partial charge in [0.15, 0.2) is 17.2 Å². The highest BCUT2D eigenvalue weighted by molar-refractivity contribution is 5.96. The van der Waals surface area contributed by atoms with Gasteiger partial charge < -0.3 is 30.4 Å². The number of phenolic OH excluding ortho intramolecular Hbond substituents is 3. The molecule has 0 aromatic heterocycles. The number of anilines is 1. The lowest BCUT2D eigenvalue weighted by molar-refractivity contribution is 0.0698. The van der Waals surface area contributed by atoms with Gasteiger partial charge in [0, 0.05) is 50.0 Å². The van der Waals surface area contributed by atoms with Gasteiger partial charge in [0.1, 0.15) is 0 Å². The average Bonchev–Trinajstić information content (AvgIpc) is 2.71. The molecule has 154 valence electrons. The van der Waals surface area contributed by atoms with Crippen LogP contribution in [0.2, 0.25) is 0 Å². The van der Waals surface area contributed by atoms with Crippen molar-refractivity contribution in [1.82, 2.24) is 10.2 Å². The number of phenols is 3. The molecule has 1 fully saturated rings. The van der Waals surface area contributed by atoms with Crippen molar-refractivity contribution in [2.24, 2.45) is 0 Å². The molecule has 0 radical (unpaired) electrons. The van der Waals surface area contributed by atoms with E-state index in [2.05, 4.69) is 5.32 Å². The molecular formula is C21H25N3O5. The summed E-state index contributed by atoms with van der Waals surface area (Å²) >= 11 is 0. The van der Waals surface area contributed by atoms with Crippen LogP contribution in [0.1, 0.15) is 33.6 Å². The second kappa shape index (κ2) is 8.30. The predicted molar refractivity (Wildman–Crippen MR) is 109 cm³/mol. The van der Waals surface area contributed by atoms with E-state index in [1.54, 1.807) is 4.90 Å². The minimum absolute atomic E-state index is 0.0338. The number of aromatic hydroxyl groups is 3. The highest BCUT2D eigenvalue weighted by Crippen LogP contribution is 2.35. The molecule has 4 N–H and O–H groups in total. The number of nitrogens with one attached hydrogen (secondary N) is 1. The first-order valence-corrected chi connectivity index (χ1v) is 9.38. The fourth-order valence-electron chi connectivity index (χ4n) is 3.32. The van der Waals surface area contributed by atoms with Crippen molar-refractivity contribution in [3.05, 3.63) is 47.5 Å². The SMILES string of the molecule is CN(C)c1ccc(C(=O)N2CCC(NC(=O)c3cc(O)c(O)c(O)c3)CC2)cc1. The molecule has 2 aromatic carbocycles. The summed E-state index contributed by atoms with van der Waals surface area (Å²) in [7, 11) is 3.88. The third-order valence-electron chi connectivity index (χ3n) is 5.08. The summed E-state index contributed by atoms with van der Waals surface area (Å²) < 4.78 is 0. The first-order chi connectivity index (χ1) is 13.8. The summed E-state index contributed by atoms with van der Waals surface area (Å²) in [6.45, 7) is 1.04. The molecular weight excluding hydrogens is 374 g/mol. The van der Waals surface area contributed by atoms with Crippen LogP contribution in [0, 0.1) is 0 Å². The van der Waals surface area contributed by atoms with E-state index in [0.29, 0.717) is 31.5 Å². The van der Waals surface area contributed by atoms with Crippen LogP contribution in [0.15, 0.2) is 36.4 Å². The Hall–Kier alpha value is -3.42. The molecule has 8 nitrogen and oxygen atoms in total. The zero-order valence-corrected chi connectivity index (χ0v) is 16.4. The molecule has 1 heterocycles. The van der Waals surface area contributed by atoms with Crippen molar-refractivity contribution in [2.75, 3.05) is 32.1 Å². The molecule has 3 rings (SSSR count). The van der Waals surface area contributed by atoms with E-state index < -0.39 is 23.2 Å². The standard InChI is InChI=1S/C21H25N3O5/c1-23(2)16-5-3-13(4-6-16)21(29)24-9-7-15(8-10-24)22-20(28)14-11-17(25)19(27)18(26)12-14/h3-6,11-12,15,25-27H,7-10H2,1-2H3,(H,22,28). The fourth-order valence-corrected chi connectivity index (χ4v) is 3.32.